The van der Waals surface area contributed by atoms with E-state index >= 15 is 0 Å². The monoisotopic (exact) mass is 208 g/mol. The molecule has 0 fully saturated rings. The summed E-state index contributed by atoms with van der Waals surface area (Å²) in [6.07, 6.45) is 0. The number of aromatic carboxylic acids is 1. The van der Waals surface area contributed by atoms with Crippen molar-refractivity contribution >= 4 is 5.97 Å². The summed E-state index contributed by atoms with van der Waals surface area (Å²) < 4.78 is 10.4. The van der Waals surface area contributed by atoms with Gasteiger partial charge in [0.1, 0.15) is 11.3 Å². The fourth-order valence-electron chi connectivity index (χ4n) is 1.95. The molecule has 4 nitrogen and oxygen atoms in total. The van der Waals surface area contributed by atoms with Crippen LogP contribution in [0.4, 0.5) is 0 Å². The standard InChI is InChI=1S/C11H12O4/c1-6-3-7-4-15-5-8(7)9(11(12)13)10(6)14-2/h3H,4-5H2,1-2H3,(H,12,13). The van der Waals surface area contributed by atoms with Crippen molar-refractivity contribution < 1.29 is 19.4 Å². The molecule has 0 unspecified atom stereocenters. The largest absolute Gasteiger partial charge is 0.496 e. The smallest absolute Gasteiger partial charge is 0.339 e. The van der Waals surface area contributed by atoms with Crippen molar-refractivity contribution in [1.29, 1.82) is 0 Å². The van der Waals surface area contributed by atoms with Gasteiger partial charge in [0.15, 0.2) is 0 Å². The number of carbonyl (C=O) groups is 1. The molecule has 1 N–H and O–H groups in total. The van der Waals surface area contributed by atoms with Gasteiger partial charge in [0, 0.05) is 5.56 Å². The van der Waals surface area contributed by atoms with Gasteiger partial charge in [-0.1, -0.05) is 0 Å². The number of fused-ring (bicyclic) bond motifs is 1. The molecular formula is C11H12O4. The molecule has 0 bridgehead atoms. The van der Waals surface area contributed by atoms with E-state index in [9.17, 15) is 4.79 Å². The maximum absolute atomic E-state index is 11.2. The van der Waals surface area contributed by atoms with E-state index in [1.807, 2.05) is 13.0 Å². The van der Waals surface area contributed by atoms with Crippen LogP contribution in [0.2, 0.25) is 0 Å². The minimum atomic E-state index is -0.961. The van der Waals surface area contributed by atoms with E-state index in [2.05, 4.69) is 0 Å². The molecule has 2 rings (SSSR count). The molecule has 1 aromatic rings. The van der Waals surface area contributed by atoms with Gasteiger partial charge in [-0.3, -0.25) is 0 Å². The maximum Gasteiger partial charge on any atom is 0.339 e. The zero-order chi connectivity index (χ0) is 11.0. The molecule has 80 valence electrons. The van der Waals surface area contributed by atoms with Crippen molar-refractivity contribution in [2.45, 2.75) is 20.1 Å². The molecule has 0 saturated heterocycles. The second kappa shape index (κ2) is 3.55. The first kappa shape index (κ1) is 9.98. The molecule has 0 radical (unpaired) electrons. The first-order valence-electron chi connectivity index (χ1n) is 4.65. The molecule has 0 spiro atoms. The predicted octanol–water partition coefficient (Wildman–Crippen LogP) is 1.73. The van der Waals surface area contributed by atoms with Crippen LogP contribution in [-0.2, 0) is 18.0 Å². The Morgan fingerprint density at radius 2 is 2.27 bits per heavy atom. The lowest BCUT2D eigenvalue weighted by Crippen LogP contribution is -2.07. The number of methoxy groups -OCH3 is 1. The fraction of sp³-hybridized carbons (Fsp3) is 0.364. The van der Waals surface area contributed by atoms with Crippen LogP contribution >= 0.6 is 0 Å². The Labute approximate surface area is 87.4 Å². The van der Waals surface area contributed by atoms with E-state index in [-0.39, 0.29) is 5.56 Å². The molecule has 0 aliphatic carbocycles. The Morgan fingerprint density at radius 1 is 1.53 bits per heavy atom. The third-order valence-corrected chi connectivity index (χ3v) is 2.59. The SMILES string of the molecule is COc1c(C)cc2c(c1C(=O)O)COC2. The van der Waals surface area contributed by atoms with Gasteiger partial charge in [-0.25, -0.2) is 4.79 Å². The highest BCUT2D eigenvalue weighted by Gasteiger charge is 2.25. The second-order valence-corrected chi connectivity index (χ2v) is 3.54. The first-order chi connectivity index (χ1) is 7.15. The van der Waals surface area contributed by atoms with Crippen LogP contribution in [0.15, 0.2) is 6.07 Å². The van der Waals surface area contributed by atoms with Gasteiger partial charge in [-0.05, 0) is 24.1 Å². The quantitative estimate of drug-likeness (QED) is 0.804. The maximum atomic E-state index is 11.2. The average Bonchev–Trinajstić information content (AvgIpc) is 2.62. The van der Waals surface area contributed by atoms with E-state index in [0.29, 0.717) is 19.0 Å². The molecule has 0 saturated carbocycles. The summed E-state index contributed by atoms with van der Waals surface area (Å²) in [5.41, 5.74) is 2.76. The lowest BCUT2D eigenvalue weighted by atomic mass is 9.98. The summed E-state index contributed by atoms with van der Waals surface area (Å²) in [6.45, 7) is 2.68. The molecule has 4 heteroatoms. The van der Waals surface area contributed by atoms with Crippen LogP contribution in [0.1, 0.15) is 27.0 Å². The fourth-order valence-corrected chi connectivity index (χ4v) is 1.95. The summed E-state index contributed by atoms with van der Waals surface area (Å²) in [7, 11) is 1.48. The van der Waals surface area contributed by atoms with Crippen LogP contribution < -0.4 is 4.74 Å². The molecule has 1 aromatic carbocycles. The Bertz CT molecular complexity index is 419. The van der Waals surface area contributed by atoms with Crippen molar-refractivity contribution in [2.24, 2.45) is 0 Å². The van der Waals surface area contributed by atoms with E-state index in [1.54, 1.807) is 0 Å². The van der Waals surface area contributed by atoms with Crippen LogP contribution in [0, 0.1) is 6.92 Å². The van der Waals surface area contributed by atoms with Crippen molar-refractivity contribution in [1.82, 2.24) is 0 Å². The Hall–Kier alpha value is -1.55. The van der Waals surface area contributed by atoms with Gasteiger partial charge < -0.3 is 14.6 Å². The third-order valence-electron chi connectivity index (χ3n) is 2.59. The number of hydrogen-bond donors (Lipinski definition) is 1. The zero-order valence-corrected chi connectivity index (χ0v) is 8.66. The second-order valence-electron chi connectivity index (χ2n) is 3.54. The number of rotatable bonds is 2. The van der Waals surface area contributed by atoms with Gasteiger partial charge in [0.2, 0.25) is 0 Å². The van der Waals surface area contributed by atoms with Crippen molar-refractivity contribution in [3.8, 4) is 5.75 Å². The summed E-state index contributed by atoms with van der Waals surface area (Å²) in [6, 6.07) is 1.92. The molecule has 1 aliphatic rings. The Kier molecular flexibility index (Phi) is 2.36. The van der Waals surface area contributed by atoms with Gasteiger partial charge in [0.25, 0.3) is 0 Å². The minimum Gasteiger partial charge on any atom is -0.496 e. The van der Waals surface area contributed by atoms with Crippen LogP contribution in [0.3, 0.4) is 0 Å². The molecule has 1 aliphatic heterocycles. The lowest BCUT2D eigenvalue weighted by Gasteiger charge is -2.12. The number of ether oxygens (including phenoxy) is 2. The molecule has 1 heterocycles. The highest BCUT2D eigenvalue weighted by Crippen LogP contribution is 2.33. The van der Waals surface area contributed by atoms with E-state index in [1.165, 1.54) is 7.11 Å². The molecule has 0 aromatic heterocycles. The molecular weight excluding hydrogens is 196 g/mol. The van der Waals surface area contributed by atoms with Crippen LogP contribution in [-0.4, -0.2) is 18.2 Å². The minimum absolute atomic E-state index is 0.241. The lowest BCUT2D eigenvalue weighted by molar-refractivity contribution is 0.0688. The molecule has 0 amide bonds. The van der Waals surface area contributed by atoms with Crippen molar-refractivity contribution in [2.75, 3.05) is 7.11 Å². The van der Waals surface area contributed by atoms with Gasteiger partial charge in [0.05, 0.1) is 20.3 Å². The number of benzene rings is 1. The van der Waals surface area contributed by atoms with Gasteiger partial charge in [-0.15, -0.1) is 0 Å². The Balaban J connectivity index is 2.71. The highest BCUT2D eigenvalue weighted by molar-refractivity contribution is 5.93. The Morgan fingerprint density at radius 3 is 2.87 bits per heavy atom. The van der Waals surface area contributed by atoms with E-state index in [0.717, 1.165) is 16.7 Å². The topological polar surface area (TPSA) is 55.8 Å². The van der Waals surface area contributed by atoms with Crippen molar-refractivity contribution in [3.63, 3.8) is 0 Å². The van der Waals surface area contributed by atoms with Gasteiger partial charge in [-0.2, -0.15) is 0 Å². The first-order valence-corrected chi connectivity index (χ1v) is 4.65. The van der Waals surface area contributed by atoms with Crippen LogP contribution in [0.5, 0.6) is 5.75 Å². The predicted molar refractivity (Wildman–Crippen MR) is 53.2 cm³/mol. The number of carboxylic acid groups (broad SMARTS) is 1. The van der Waals surface area contributed by atoms with E-state index < -0.39 is 5.97 Å². The summed E-state index contributed by atoms with van der Waals surface area (Å²) in [5, 5.41) is 9.15. The molecule has 0 atom stereocenters. The summed E-state index contributed by atoms with van der Waals surface area (Å²) >= 11 is 0. The number of hydrogen-bond acceptors (Lipinski definition) is 3. The van der Waals surface area contributed by atoms with Crippen LogP contribution in [0.25, 0.3) is 0 Å². The normalized spacial score (nSPS) is 13.7. The average molecular weight is 208 g/mol. The van der Waals surface area contributed by atoms with Gasteiger partial charge >= 0.3 is 5.97 Å². The summed E-state index contributed by atoms with van der Waals surface area (Å²) in [4.78, 5) is 11.2. The third kappa shape index (κ3) is 1.47. The molecule has 15 heavy (non-hydrogen) atoms. The zero-order valence-electron chi connectivity index (χ0n) is 8.66. The number of carboxylic acids is 1. The number of aryl methyl sites for hydroxylation is 1. The summed E-state index contributed by atoms with van der Waals surface area (Å²) in [5.74, 6) is -0.524. The van der Waals surface area contributed by atoms with Crippen molar-refractivity contribution in [3.05, 3.63) is 28.3 Å². The van der Waals surface area contributed by atoms with E-state index in [4.69, 9.17) is 14.6 Å². The highest BCUT2D eigenvalue weighted by atomic mass is 16.5.